The molecule has 0 spiro atoms. The van der Waals surface area contributed by atoms with E-state index in [1.807, 2.05) is 61.5 Å². The first-order valence-electron chi connectivity index (χ1n) is 11.5. The van der Waals surface area contributed by atoms with Gasteiger partial charge in [-0.05, 0) is 31.0 Å². The summed E-state index contributed by atoms with van der Waals surface area (Å²) in [6, 6.07) is 25.0. The van der Waals surface area contributed by atoms with Crippen molar-refractivity contribution in [2.75, 3.05) is 5.32 Å². The maximum absolute atomic E-state index is 13.4. The Morgan fingerprint density at radius 2 is 1.63 bits per heavy atom. The zero-order valence-electron chi connectivity index (χ0n) is 19.6. The monoisotopic (exact) mass is 466 g/mol. The van der Waals surface area contributed by atoms with Crippen LogP contribution in [0, 0.1) is 6.92 Å². The van der Waals surface area contributed by atoms with E-state index in [2.05, 4.69) is 46.6 Å². The minimum absolute atomic E-state index is 0.180. The summed E-state index contributed by atoms with van der Waals surface area (Å²) in [4.78, 5) is 17.7. The molecule has 1 aromatic heterocycles. The first-order chi connectivity index (χ1) is 17.1. The number of rotatable bonds is 7. The van der Waals surface area contributed by atoms with Crippen molar-refractivity contribution in [2.45, 2.75) is 33.1 Å². The second-order valence-corrected chi connectivity index (χ2v) is 8.47. The van der Waals surface area contributed by atoms with Gasteiger partial charge in [0.15, 0.2) is 0 Å². The van der Waals surface area contributed by atoms with E-state index in [1.165, 1.54) is 11.9 Å². The van der Waals surface area contributed by atoms with Gasteiger partial charge >= 0.3 is 5.97 Å². The first kappa shape index (κ1) is 22.4. The first-order valence-corrected chi connectivity index (χ1v) is 11.5. The molecule has 0 aliphatic carbocycles. The zero-order chi connectivity index (χ0) is 24.2. The van der Waals surface area contributed by atoms with Gasteiger partial charge in [0.2, 0.25) is 5.95 Å². The lowest BCUT2D eigenvalue weighted by atomic mass is 9.95. The molecule has 0 amide bonds. The number of carbonyl (C=O) groups excluding carboxylic acids is 1. The summed E-state index contributed by atoms with van der Waals surface area (Å²) in [6.45, 7) is 4.49. The number of fused-ring (bicyclic) bond motifs is 1. The second-order valence-electron chi connectivity index (χ2n) is 8.47. The second kappa shape index (κ2) is 9.85. The summed E-state index contributed by atoms with van der Waals surface area (Å²) >= 11 is 0. The van der Waals surface area contributed by atoms with Gasteiger partial charge in [-0.2, -0.15) is 10.1 Å². The van der Waals surface area contributed by atoms with E-state index in [4.69, 9.17) is 9.47 Å². The summed E-state index contributed by atoms with van der Waals surface area (Å²) in [5.41, 5.74) is 5.11. The van der Waals surface area contributed by atoms with Crippen LogP contribution in [0.3, 0.4) is 0 Å². The Hall–Kier alpha value is -4.39. The summed E-state index contributed by atoms with van der Waals surface area (Å²) < 4.78 is 13.7. The van der Waals surface area contributed by atoms with Crippen LogP contribution in [0.5, 0.6) is 5.75 Å². The van der Waals surface area contributed by atoms with Gasteiger partial charge in [-0.3, -0.25) is 0 Å². The van der Waals surface area contributed by atoms with E-state index < -0.39 is 12.0 Å². The normalized spacial score (nSPS) is 14.7. The molecule has 5 rings (SSSR count). The van der Waals surface area contributed by atoms with E-state index >= 15 is 0 Å². The number of ether oxygens (including phenoxy) is 2. The molecule has 0 saturated heterocycles. The van der Waals surface area contributed by atoms with Crippen molar-refractivity contribution in [3.05, 3.63) is 119 Å². The molecule has 2 heterocycles. The number of hydrogen-bond donors (Lipinski definition) is 1. The van der Waals surface area contributed by atoms with Gasteiger partial charge in [0.1, 0.15) is 31.3 Å². The third kappa shape index (κ3) is 4.80. The Bertz CT molecular complexity index is 1360. The van der Waals surface area contributed by atoms with E-state index in [1.54, 1.807) is 4.68 Å². The minimum atomic E-state index is -0.550. The zero-order valence-corrected chi connectivity index (χ0v) is 19.6. The van der Waals surface area contributed by atoms with Gasteiger partial charge in [-0.1, -0.05) is 78.4 Å². The van der Waals surface area contributed by atoms with Crippen molar-refractivity contribution in [2.24, 2.45) is 0 Å². The van der Waals surface area contributed by atoms with Crippen LogP contribution < -0.4 is 10.1 Å². The molecule has 1 aliphatic rings. The number of para-hydroxylation sites is 1. The third-order valence-electron chi connectivity index (χ3n) is 5.96. The maximum atomic E-state index is 13.4. The Labute approximate surface area is 204 Å². The molecule has 7 heteroatoms. The number of nitrogens with zero attached hydrogens (tertiary/aromatic N) is 3. The Balaban J connectivity index is 1.46. The average molecular weight is 467 g/mol. The SMILES string of the molecule is CC1=C(C(=O)OCc2ccccc2)C(c2ccccc2OCc2ccc(C)cc2)n2ncnc2N1. The number of aromatic nitrogens is 3. The number of hydrogen-bond acceptors (Lipinski definition) is 6. The number of nitrogens with one attached hydrogen (secondary N) is 1. The van der Waals surface area contributed by atoms with Crippen LogP contribution in [0.1, 0.15) is 35.2 Å². The average Bonchev–Trinajstić information content (AvgIpc) is 3.35. The molecule has 4 aromatic rings. The Kier molecular flexibility index (Phi) is 6.30. The number of allylic oxidation sites excluding steroid dienone is 1. The quantitative estimate of drug-likeness (QED) is 0.377. The van der Waals surface area contributed by atoms with Crippen molar-refractivity contribution in [3.63, 3.8) is 0 Å². The molecule has 1 unspecified atom stereocenters. The molecule has 176 valence electrons. The van der Waals surface area contributed by atoms with Crippen LogP contribution in [0.25, 0.3) is 0 Å². The van der Waals surface area contributed by atoms with Gasteiger partial charge in [0, 0.05) is 11.3 Å². The predicted octanol–water partition coefficient (Wildman–Crippen LogP) is 5.20. The van der Waals surface area contributed by atoms with Crippen LogP contribution in [0.2, 0.25) is 0 Å². The molecular weight excluding hydrogens is 440 g/mol. The lowest BCUT2D eigenvalue weighted by molar-refractivity contribution is -0.140. The fraction of sp³-hybridized carbons (Fsp3) is 0.179. The molecule has 0 radical (unpaired) electrons. The fourth-order valence-electron chi connectivity index (χ4n) is 4.13. The summed E-state index contributed by atoms with van der Waals surface area (Å²) in [6.07, 6.45) is 1.47. The van der Waals surface area contributed by atoms with Crippen molar-refractivity contribution in [1.29, 1.82) is 0 Å². The van der Waals surface area contributed by atoms with E-state index in [0.717, 1.165) is 16.7 Å². The minimum Gasteiger partial charge on any atom is -0.489 e. The van der Waals surface area contributed by atoms with Crippen LogP contribution in [0.15, 0.2) is 96.5 Å². The van der Waals surface area contributed by atoms with E-state index in [9.17, 15) is 4.79 Å². The number of anilines is 1. The topological polar surface area (TPSA) is 78.3 Å². The number of carbonyl (C=O) groups is 1. The molecule has 1 atom stereocenters. The lowest BCUT2D eigenvalue weighted by Crippen LogP contribution is -2.30. The van der Waals surface area contributed by atoms with Gasteiger partial charge in [0.25, 0.3) is 0 Å². The summed E-state index contributed by atoms with van der Waals surface area (Å²) in [7, 11) is 0. The number of aryl methyl sites for hydroxylation is 1. The van der Waals surface area contributed by atoms with Crippen molar-refractivity contribution in [3.8, 4) is 5.75 Å². The molecule has 1 N–H and O–H groups in total. The third-order valence-corrected chi connectivity index (χ3v) is 5.96. The van der Waals surface area contributed by atoms with Gasteiger partial charge in [0.05, 0.1) is 5.57 Å². The highest BCUT2D eigenvalue weighted by Crippen LogP contribution is 2.39. The van der Waals surface area contributed by atoms with Crippen LogP contribution >= 0.6 is 0 Å². The molecule has 0 saturated carbocycles. The number of esters is 1. The van der Waals surface area contributed by atoms with Gasteiger partial charge in [-0.25, -0.2) is 9.48 Å². The maximum Gasteiger partial charge on any atom is 0.338 e. The summed E-state index contributed by atoms with van der Waals surface area (Å²) in [5.74, 6) is 0.807. The Morgan fingerprint density at radius 1 is 0.914 bits per heavy atom. The molecular formula is C28H26N4O3. The lowest BCUT2D eigenvalue weighted by Gasteiger charge is -2.29. The smallest absolute Gasteiger partial charge is 0.338 e. The van der Waals surface area contributed by atoms with Crippen molar-refractivity contribution >= 4 is 11.9 Å². The molecule has 0 fully saturated rings. The fourth-order valence-corrected chi connectivity index (χ4v) is 4.13. The Morgan fingerprint density at radius 3 is 2.43 bits per heavy atom. The van der Waals surface area contributed by atoms with Crippen molar-refractivity contribution < 1.29 is 14.3 Å². The predicted molar refractivity (Wildman–Crippen MR) is 133 cm³/mol. The van der Waals surface area contributed by atoms with E-state index in [0.29, 0.717) is 29.6 Å². The molecule has 0 bridgehead atoms. The highest BCUT2D eigenvalue weighted by molar-refractivity contribution is 5.92. The van der Waals surface area contributed by atoms with Crippen LogP contribution in [-0.4, -0.2) is 20.7 Å². The largest absolute Gasteiger partial charge is 0.489 e. The van der Waals surface area contributed by atoms with Gasteiger partial charge in [-0.15, -0.1) is 0 Å². The molecule has 7 nitrogen and oxygen atoms in total. The van der Waals surface area contributed by atoms with Crippen LogP contribution in [0.4, 0.5) is 5.95 Å². The number of benzene rings is 3. The molecule has 1 aliphatic heterocycles. The molecule has 35 heavy (non-hydrogen) atoms. The van der Waals surface area contributed by atoms with E-state index in [-0.39, 0.29) is 6.61 Å². The van der Waals surface area contributed by atoms with Gasteiger partial charge < -0.3 is 14.8 Å². The van der Waals surface area contributed by atoms with Crippen LogP contribution in [-0.2, 0) is 22.7 Å². The summed E-state index contributed by atoms with van der Waals surface area (Å²) in [5, 5.41) is 7.59. The highest BCUT2D eigenvalue weighted by atomic mass is 16.5. The standard InChI is InChI=1S/C28H26N4O3/c1-19-12-14-22(15-13-19)16-34-24-11-7-6-10-23(24)26-25(20(2)31-28-29-18-30-32(26)28)27(33)35-17-21-8-4-3-5-9-21/h3-15,18,26H,16-17H2,1-2H3,(H,29,30,31). The highest BCUT2D eigenvalue weighted by Gasteiger charge is 2.36. The van der Waals surface area contributed by atoms with Crippen molar-refractivity contribution in [1.82, 2.24) is 14.8 Å². The molecule has 3 aromatic carbocycles.